The normalized spacial score (nSPS) is 15.6. The summed E-state index contributed by atoms with van der Waals surface area (Å²) in [5, 5.41) is 2.44. The minimum absolute atomic E-state index is 0. The molecule has 0 aromatic heterocycles. The molecule has 4 aromatic rings. The molecule has 0 heterocycles. The minimum atomic E-state index is -0.802. The van der Waals surface area contributed by atoms with Gasteiger partial charge in [0.1, 0.15) is 0 Å². The quantitative estimate of drug-likeness (QED) is 0.177. The molecule has 0 bridgehead atoms. The van der Waals surface area contributed by atoms with E-state index in [1.165, 1.54) is 27.7 Å². The SMILES string of the molecule is [CH]1[CH][CH][CH][CH]1.[CH]1[CH][CH][C](C(c2ccccc2)(c2ccccc2)P(c2ccccc2)c2ccccc2)[CH]1.[Fe+2]. The Morgan fingerprint density at radius 3 is 1.05 bits per heavy atom. The molecule has 4 aromatic carbocycles. The number of hydrogen-bond donors (Lipinski definition) is 0. The average molecular weight is 536 g/mol. The van der Waals surface area contributed by atoms with Crippen LogP contribution in [0, 0.1) is 63.7 Å². The molecule has 0 N–H and O–H groups in total. The molecule has 0 atom stereocenters. The molecular weight excluding hydrogens is 507 g/mol. The Morgan fingerprint density at radius 2 is 0.703 bits per heavy atom. The second-order valence-corrected chi connectivity index (χ2v) is 11.0. The van der Waals surface area contributed by atoms with Crippen molar-refractivity contribution in [2.24, 2.45) is 0 Å². The van der Waals surface area contributed by atoms with Gasteiger partial charge >= 0.3 is 17.1 Å². The average Bonchev–Trinajstić information content (AvgIpc) is 3.72. The minimum Gasteiger partial charge on any atom is -0.0622 e. The summed E-state index contributed by atoms with van der Waals surface area (Å²) in [5.41, 5.74) is 2.65. The maximum Gasteiger partial charge on any atom is 2.00 e. The van der Waals surface area contributed by atoms with Crippen molar-refractivity contribution in [1.82, 2.24) is 0 Å². The van der Waals surface area contributed by atoms with Gasteiger partial charge in [0.2, 0.25) is 0 Å². The van der Waals surface area contributed by atoms with Crippen molar-refractivity contribution in [2.45, 2.75) is 5.16 Å². The first kappa shape index (κ1) is 27.9. The maximum atomic E-state index is 2.29. The van der Waals surface area contributed by atoms with Gasteiger partial charge in [-0.15, -0.1) is 0 Å². The smallest absolute Gasteiger partial charge is 0.0622 e. The summed E-state index contributed by atoms with van der Waals surface area (Å²) in [6.07, 6.45) is 18.9. The molecule has 2 aliphatic rings. The fourth-order valence-corrected chi connectivity index (χ4v) is 8.11. The molecule has 2 heteroatoms. The van der Waals surface area contributed by atoms with Gasteiger partial charge in [0.05, 0.1) is 5.16 Å². The van der Waals surface area contributed by atoms with Crippen LogP contribution < -0.4 is 10.6 Å². The molecular formula is C35H29FeP+2. The van der Waals surface area contributed by atoms with Crippen LogP contribution in [0.4, 0.5) is 0 Å². The van der Waals surface area contributed by atoms with E-state index < -0.39 is 7.92 Å². The van der Waals surface area contributed by atoms with Crippen LogP contribution in [0.5, 0.6) is 0 Å². The molecule has 0 aliphatic heterocycles. The molecule has 37 heavy (non-hydrogen) atoms. The van der Waals surface area contributed by atoms with Crippen molar-refractivity contribution >= 4 is 18.5 Å². The van der Waals surface area contributed by atoms with E-state index in [-0.39, 0.29) is 22.2 Å². The molecule has 2 fully saturated rings. The molecule has 0 amide bonds. The Bertz CT molecular complexity index is 1060. The van der Waals surface area contributed by atoms with Crippen molar-refractivity contribution < 1.29 is 17.1 Å². The standard InChI is InChI=1S/C30H24P.C5H5.Fe/c1-5-15-25(16-6-1)30(27-19-13-14-20-27,26-17-7-2-8-18-26)31(28-21-9-3-10-22-28)29-23-11-4-12-24-29;1-2-4-5-3-1;/h1-24H;1-5H;/q;;+2. The molecule has 2 saturated carbocycles. The van der Waals surface area contributed by atoms with Crippen LogP contribution in [0.2, 0.25) is 0 Å². The van der Waals surface area contributed by atoms with E-state index in [1.54, 1.807) is 0 Å². The summed E-state index contributed by atoms with van der Waals surface area (Å²) in [6.45, 7) is 0. The molecule has 180 valence electrons. The first-order chi connectivity index (χ1) is 17.9. The number of hydrogen-bond acceptors (Lipinski definition) is 0. The fourth-order valence-electron chi connectivity index (χ4n) is 4.87. The van der Waals surface area contributed by atoms with E-state index >= 15 is 0 Å². The number of benzene rings is 4. The fraction of sp³-hybridized carbons (Fsp3) is 0.0286. The monoisotopic (exact) mass is 536 g/mol. The number of rotatable bonds is 6. The van der Waals surface area contributed by atoms with E-state index in [9.17, 15) is 0 Å². The van der Waals surface area contributed by atoms with E-state index in [2.05, 4.69) is 147 Å². The third kappa shape index (κ3) is 6.29. The van der Waals surface area contributed by atoms with Crippen molar-refractivity contribution in [3.63, 3.8) is 0 Å². The van der Waals surface area contributed by atoms with Crippen LogP contribution in [0.25, 0.3) is 0 Å². The maximum absolute atomic E-state index is 2.29. The van der Waals surface area contributed by atoms with Gasteiger partial charge in [-0.2, -0.15) is 0 Å². The van der Waals surface area contributed by atoms with Gasteiger partial charge in [0.25, 0.3) is 0 Å². The van der Waals surface area contributed by atoms with Crippen molar-refractivity contribution in [2.75, 3.05) is 0 Å². The predicted octanol–water partition coefficient (Wildman–Crippen LogP) is 7.49. The third-order valence-electron chi connectivity index (χ3n) is 6.38. The molecule has 0 saturated heterocycles. The largest absolute Gasteiger partial charge is 2.00 e. The second kappa shape index (κ2) is 14.1. The van der Waals surface area contributed by atoms with Gasteiger partial charge in [0.15, 0.2) is 0 Å². The van der Waals surface area contributed by atoms with Crippen LogP contribution in [-0.4, -0.2) is 0 Å². The van der Waals surface area contributed by atoms with Crippen LogP contribution >= 0.6 is 7.92 Å². The van der Waals surface area contributed by atoms with Crippen molar-refractivity contribution in [1.29, 1.82) is 0 Å². The van der Waals surface area contributed by atoms with Gasteiger partial charge < -0.3 is 0 Å². The Kier molecular flexibility index (Phi) is 10.6. The molecule has 0 spiro atoms. The Morgan fingerprint density at radius 1 is 0.378 bits per heavy atom. The molecule has 2 aliphatic carbocycles. The summed E-state index contributed by atoms with van der Waals surface area (Å²) in [6, 6.07) is 44.1. The molecule has 6 rings (SSSR count). The first-order valence-corrected chi connectivity index (χ1v) is 13.6. The zero-order valence-corrected chi connectivity index (χ0v) is 22.5. The molecule has 0 unspecified atom stereocenters. The van der Waals surface area contributed by atoms with Gasteiger partial charge in [-0.05, 0) is 87.4 Å². The Balaban J connectivity index is 0.000000479. The molecule has 10 radical (unpaired) electrons. The van der Waals surface area contributed by atoms with Gasteiger partial charge in [-0.1, -0.05) is 121 Å². The van der Waals surface area contributed by atoms with Gasteiger partial charge in [0, 0.05) is 5.92 Å². The van der Waals surface area contributed by atoms with Crippen LogP contribution in [0.15, 0.2) is 121 Å². The van der Waals surface area contributed by atoms with Crippen LogP contribution in [0.3, 0.4) is 0 Å². The summed E-state index contributed by atoms with van der Waals surface area (Å²) in [4.78, 5) is 0. The Hall–Kier alpha value is -2.17. The van der Waals surface area contributed by atoms with Crippen LogP contribution in [0.1, 0.15) is 11.1 Å². The topological polar surface area (TPSA) is 0 Å². The third-order valence-corrected chi connectivity index (χ3v) is 9.46. The summed E-state index contributed by atoms with van der Waals surface area (Å²) >= 11 is 0. The van der Waals surface area contributed by atoms with Crippen molar-refractivity contribution in [3.05, 3.63) is 196 Å². The van der Waals surface area contributed by atoms with Gasteiger partial charge in [-0.25, -0.2) is 0 Å². The summed E-state index contributed by atoms with van der Waals surface area (Å²) < 4.78 is 0. The molecule has 0 nitrogen and oxygen atoms in total. The first-order valence-electron chi connectivity index (χ1n) is 12.3. The summed E-state index contributed by atoms with van der Waals surface area (Å²) in [7, 11) is -0.802. The Labute approximate surface area is 236 Å². The van der Waals surface area contributed by atoms with E-state index in [0.717, 1.165) is 0 Å². The van der Waals surface area contributed by atoms with E-state index in [4.69, 9.17) is 0 Å². The zero-order valence-electron chi connectivity index (χ0n) is 20.5. The second-order valence-electron chi connectivity index (χ2n) is 8.58. The van der Waals surface area contributed by atoms with E-state index in [1.807, 2.05) is 32.1 Å². The zero-order chi connectivity index (χ0) is 24.5. The van der Waals surface area contributed by atoms with Crippen LogP contribution in [-0.2, 0) is 22.2 Å². The predicted molar refractivity (Wildman–Crippen MR) is 155 cm³/mol. The van der Waals surface area contributed by atoms with E-state index in [0.29, 0.717) is 0 Å². The van der Waals surface area contributed by atoms with Crippen molar-refractivity contribution in [3.8, 4) is 0 Å². The van der Waals surface area contributed by atoms with Gasteiger partial charge in [-0.3, -0.25) is 0 Å². The summed E-state index contributed by atoms with van der Waals surface area (Å²) in [5.74, 6) is 1.34.